The van der Waals surface area contributed by atoms with Crippen LogP contribution in [0.4, 0.5) is 17.1 Å². The summed E-state index contributed by atoms with van der Waals surface area (Å²) in [6, 6.07) is 107. The summed E-state index contributed by atoms with van der Waals surface area (Å²) in [6.45, 7) is 0. The average molecular weight is 961 g/mol. The summed E-state index contributed by atoms with van der Waals surface area (Å²) < 4.78 is 9.05. The number of hydrogen-bond donors (Lipinski definition) is 0. The van der Waals surface area contributed by atoms with E-state index in [9.17, 15) is 0 Å². The van der Waals surface area contributed by atoms with Gasteiger partial charge in [-0.05, 0) is 114 Å². The first kappa shape index (κ1) is 43.3. The molecule has 0 unspecified atom stereocenters. The van der Waals surface area contributed by atoms with Crippen molar-refractivity contribution in [3.8, 4) is 27.9 Å². The van der Waals surface area contributed by atoms with Crippen LogP contribution in [0.1, 0.15) is 0 Å². The topological polar surface area (TPSA) is 21.3 Å². The molecule has 0 spiro atoms. The van der Waals surface area contributed by atoms with E-state index in [0.29, 0.717) is 0 Å². The van der Waals surface area contributed by atoms with Crippen LogP contribution in [-0.4, -0.2) is 12.6 Å². The molecule has 2 aromatic heterocycles. The molecule has 4 heteroatoms. The van der Waals surface area contributed by atoms with Crippen LogP contribution in [0.3, 0.4) is 0 Å². The molecular weight excluding hydrogens is 913 g/mol. The van der Waals surface area contributed by atoms with Gasteiger partial charge in [-0.1, -0.05) is 231 Å². The molecule has 12 aromatic carbocycles. The molecule has 3 nitrogen and oxygen atoms in total. The van der Waals surface area contributed by atoms with Crippen molar-refractivity contribution in [2.24, 2.45) is 0 Å². The van der Waals surface area contributed by atoms with Crippen LogP contribution in [0.5, 0.6) is 0 Å². The molecule has 0 bridgehead atoms. The summed E-state index contributed by atoms with van der Waals surface area (Å²) >= 11 is 0. The molecule has 348 valence electrons. The van der Waals surface area contributed by atoms with Crippen LogP contribution in [0.15, 0.2) is 296 Å². The van der Waals surface area contributed by atoms with Crippen LogP contribution in [0.25, 0.3) is 82.5 Å². The van der Waals surface area contributed by atoms with Crippen LogP contribution >= 0.6 is 0 Å². The normalized spacial score (nSPS) is 11.8. The average Bonchev–Trinajstić information content (AvgIpc) is 4.04. The van der Waals surface area contributed by atoms with E-state index in [1.807, 2.05) is 6.07 Å². The van der Waals surface area contributed by atoms with E-state index in [4.69, 9.17) is 4.42 Å². The molecule has 74 heavy (non-hydrogen) atoms. The minimum atomic E-state index is -2.76. The van der Waals surface area contributed by atoms with E-state index < -0.39 is 8.07 Å². The third kappa shape index (κ3) is 7.02. The predicted molar refractivity (Wildman–Crippen MR) is 315 cm³/mol. The minimum Gasteiger partial charge on any atom is -0.454 e. The molecule has 0 radical (unpaired) electrons. The predicted octanol–water partition coefficient (Wildman–Crippen LogP) is 16.0. The van der Waals surface area contributed by atoms with Gasteiger partial charge in [0.05, 0.1) is 16.7 Å². The van der Waals surface area contributed by atoms with Crippen LogP contribution in [0, 0.1) is 0 Å². The van der Waals surface area contributed by atoms with E-state index in [-0.39, 0.29) is 0 Å². The smallest absolute Gasteiger partial charge is 0.179 e. The zero-order chi connectivity index (χ0) is 49.0. The van der Waals surface area contributed by atoms with Crippen molar-refractivity contribution < 1.29 is 4.42 Å². The van der Waals surface area contributed by atoms with Gasteiger partial charge < -0.3 is 13.9 Å². The Kier molecular flexibility index (Phi) is 10.5. The highest BCUT2D eigenvalue weighted by atomic mass is 28.3. The Morgan fingerprint density at radius 3 is 1.55 bits per heavy atom. The van der Waals surface area contributed by atoms with E-state index in [0.717, 1.165) is 61.3 Å². The quantitative estimate of drug-likeness (QED) is 0.101. The number of furan rings is 1. The summed E-state index contributed by atoms with van der Waals surface area (Å²) in [6.07, 6.45) is 0. The largest absolute Gasteiger partial charge is 0.454 e. The highest BCUT2D eigenvalue weighted by molar-refractivity contribution is 7.19. The van der Waals surface area contributed by atoms with Crippen molar-refractivity contribution >= 4 is 100 Å². The molecule has 0 fully saturated rings. The molecular formula is C70H48N2OSi. The van der Waals surface area contributed by atoms with Gasteiger partial charge in [-0.3, -0.25) is 0 Å². The number of aromatic nitrogens is 1. The maximum absolute atomic E-state index is 6.67. The lowest BCUT2D eigenvalue weighted by Crippen LogP contribution is -2.74. The third-order valence-corrected chi connectivity index (χ3v) is 19.9. The van der Waals surface area contributed by atoms with Gasteiger partial charge in [0.25, 0.3) is 0 Å². The molecule has 2 heterocycles. The maximum Gasteiger partial charge on any atom is 0.179 e. The second kappa shape index (κ2) is 18.0. The first-order valence-corrected chi connectivity index (χ1v) is 27.4. The summed E-state index contributed by atoms with van der Waals surface area (Å²) in [5.74, 6) is 0. The fourth-order valence-electron chi connectivity index (χ4n) is 11.9. The Morgan fingerprint density at radius 2 is 0.838 bits per heavy atom. The lowest BCUT2D eigenvalue weighted by atomic mass is 9.97. The van der Waals surface area contributed by atoms with Gasteiger partial charge in [0, 0.05) is 38.6 Å². The molecule has 0 saturated carbocycles. The van der Waals surface area contributed by atoms with Gasteiger partial charge in [0.2, 0.25) is 0 Å². The van der Waals surface area contributed by atoms with Gasteiger partial charge in [-0.15, -0.1) is 0 Å². The molecule has 14 aromatic rings. The summed E-state index contributed by atoms with van der Waals surface area (Å²) in [7, 11) is -2.76. The van der Waals surface area contributed by atoms with Gasteiger partial charge >= 0.3 is 0 Å². The van der Waals surface area contributed by atoms with Gasteiger partial charge in [0.15, 0.2) is 13.7 Å². The Morgan fingerprint density at radius 1 is 0.324 bits per heavy atom. The molecule has 0 saturated heterocycles. The summed E-state index contributed by atoms with van der Waals surface area (Å²) in [5, 5.41) is 12.5. The fourth-order valence-corrected chi connectivity index (χ4v) is 16.6. The highest BCUT2D eigenvalue weighted by Crippen LogP contribution is 2.44. The molecule has 0 aliphatic heterocycles. The minimum absolute atomic E-state index is 0.882. The highest BCUT2D eigenvalue weighted by Gasteiger charge is 2.41. The second-order valence-electron chi connectivity index (χ2n) is 19.2. The number of nitrogens with zero attached hydrogens (tertiary/aromatic N) is 2. The Labute approximate surface area is 431 Å². The zero-order valence-corrected chi connectivity index (χ0v) is 41.5. The van der Waals surface area contributed by atoms with Crippen molar-refractivity contribution in [1.29, 1.82) is 0 Å². The maximum atomic E-state index is 6.67. The second-order valence-corrected chi connectivity index (χ2v) is 23.0. The van der Waals surface area contributed by atoms with E-state index >= 15 is 0 Å². The Hall–Kier alpha value is -9.48. The van der Waals surface area contributed by atoms with Gasteiger partial charge in [0.1, 0.15) is 5.58 Å². The van der Waals surface area contributed by atoms with Crippen LogP contribution in [-0.2, 0) is 0 Å². The molecule has 0 amide bonds. The van der Waals surface area contributed by atoms with Crippen molar-refractivity contribution in [3.63, 3.8) is 0 Å². The number of para-hydroxylation sites is 3. The zero-order valence-electron chi connectivity index (χ0n) is 40.5. The first-order chi connectivity index (χ1) is 36.7. The standard InChI is InChI=1S/C70H48N2OSi/c1-4-24-55(25-5-1)74(56-26-6-2-7-27-56,57-28-8-3-9-29-57)58-46-44-53(45-47-58)71(52-42-40-50(41-43-52)60-33-17-21-49-20-10-11-30-59(49)60)54-23-16-22-51(48-54)61-34-18-37-66-69(61)64-32-12-14-36-65(64)72(66)67-38-19-35-63-62-31-13-15-39-68(62)73-70(63)67/h1-48H. The lowest BCUT2D eigenvalue weighted by molar-refractivity contribution is 0.666. The summed E-state index contributed by atoms with van der Waals surface area (Å²) in [4.78, 5) is 2.42. The molecule has 0 atom stereocenters. The van der Waals surface area contributed by atoms with Gasteiger partial charge in [-0.2, -0.15) is 0 Å². The lowest BCUT2D eigenvalue weighted by Gasteiger charge is -2.35. The number of fused-ring (bicyclic) bond motifs is 7. The van der Waals surface area contributed by atoms with Gasteiger partial charge in [-0.25, -0.2) is 0 Å². The monoisotopic (exact) mass is 960 g/mol. The first-order valence-electron chi connectivity index (χ1n) is 25.4. The summed E-state index contributed by atoms with van der Waals surface area (Å²) in [5.41, 5.74) is 13.0. The third-order valence-electron chi connectivity index (χ3n) is 15.1. The fraction of sp³-hybridized carbons (Fsp3) is 0. The number of benzene rings is 12. The van der Waals surface area contributed by atoms with Crippen LogP contribution < -0.4 is 25.6 Å². The van der Waals surface area contributed by atoms with E-state index in [1.165, 1.54) is 59.0 Å². The molecule has 0 N–H and O–H groups in total. The van der Waals surface area contributed by atoms with E-state index in [2.05, 4.69) is 295 Å². The molecule has 0 aliphatic carbocycles. The molecule has 14 rings (SSSR count). The van der Waals surface area contributed by atoms with E-state index in [1.54, 1.807) is 0 Å². The van der Waals surface area contributed by atoms with Crippen molar-refractivity contribution in [1.82, 2.24) is 4.57 Å². The van der Waals surface area contributed by atoms with Crippen LogP contribution in [0.2, 0.25) is 0 Å². The number of rotatable bonds is 10. The van der Waals surface area contributed by atoms with Crippen molar-refractivity contribution in [2.45, 2.75) is 0 Å². The molecule has 0 aliphatic rings. The Bertz CT molecular complexity index is 4250. The SMILES string of the molecule is c1ccc([Si](c2ccccc2)(c2ccccc2)c2ccc(N(c3ccc(-c4cccc5ccccc45)cc3)c3cccc(-c4cccc5c4c4ccccc4n5-c4cccc5c4oc4ccccc45)c3)cc2)cc1. The number of anilines is 3. The van der Waals surface area contributed by atoms with Crippen molar-refractivity contribution in [3.05, 3.63) is 291 Å². The van der Waals surface area contributed by atoms with Crippen molar-refractivity contribution in [2.75, 3.05) is 4.90 Å². The Balaban J connectivity index is 0.945. The number of hydrogen-bond acceptors (Lipinski definition) is 2.